The Balaban J connectivity index is 1.96. The smallest absolute Gasteiger partial charge is 0.269 e. The van der Waals surface area contributed by atoms with E-state index in [2.05, 4.69) is 21.9 Å². The molecule has 7 nitrogen and oxygen atoms in total. The van der Waals surface area contributed by atoms with E-state index in [0.29, 0.717) is 12.0 Å². The fourth-order valence-corrected chi connectivity index (χ4v) is 2.45. The predicted octanol–water partition coefficient (Wildman–Crippen LogP) is 3.55. The Labute approximate surface area is 152 Å². The second-order valence-corrected chi connectivity index (χ2v) is 6.01. The lowest BCUT2D eigenvalue weighted by Crippen LogP contribution is -2.37. The highest BCUT2D eigenvalue weighted by Gasteiger charge is 2.16. The fraction of sp³-hybridized carbons (Fsp3) is 0.263. The molecule has 26 heavy (non-hydrogen) atoms. The van der Waals surface area contributed by atoms with Crippen LogP contribution in [0.25, 0.3) is 0 Å². The monoisotopic (exact) mass is 354 g/mol. The highest BCUT2D eigenvalue weighted by atomic mass is 16.6. The molecule has 0 aromatic heterocycles. The summed E-state index contributed by atoms with van der Waals surface area (Å²) in [6.45, 7) is 5.93. The van der Waals surface area contributed by atoms with Crippen LogP contribution in [-0.4, -0.2) is 23.1 Å². The van der Waals surface area contributed by atoms with Crippen molar-refractivity contribution in [2.24, 2.45) is 5.10 Å². The molecule has 0 aliphatic rings. The number of nitrogens with zero attached hydrogens (tertiary/aromatic N) is 2. The zero-order valence-electron chi connectivity index (χ0n) is 15.0. The Morgan fingerprint density at radius 3 is 2.50 bits per heavy atom. The third kappa shape index (κ3) is 5.14. The van der Waals surface area contributed by atoms with E-state index >= 15 is 0 Å². The first-order valence-corrected chi connectivity index (χ1v) is 8.32. The van der Waals surface area contributed by atoms with E-state index in [1.54, 1.807) is 12.1 Å². The summed E-state index contributed by atoms with van der Waals surface area (Å²) in [7, 11) is 0. The molecule has 1 atom stereocenters. The Morgan fingerprint density at radius 2 is 1.92 bits per heavy atom. The van der Waals surface area contributed by atoms with Crippen molar-refractivity contribution in [1.82, 2.24) is 5.43 Å². The average Bonchev–Trinajstić information content (AvgIpc) is 2.61. The van der Waals surface area contributed by atoms with Gasteiger partial charge in [0.05, 0.1) is 11.1 Å². The lowest BCUT2D eigenvalue weighted by atomic mass is 10.1. The van der Waals surface area contributed by atoms with Crippen LogP contribution in [0.4, 0.5) is 11.4 Å². The quantitative estimate of drug-likeness (QED) is 0.451. The van der Waals surface area contributed by atoms with Gasteiger partial charge < -0.3 is 5.32 Å². The first-order chi connectivity index (χ1) is 12.4. The minimum atomic E-state index is -0.465. The normalized spacial score (nSPS) is 12.0. The molecule has 2 aromatic rings. The molecule has 1 unspecified atom stereocenters. The van der Waals surface area contributed by atoms with Crippen LogP contribution in [0, 0.1) is 24.0 Å². The molecule has 0 aliphatic heterocycles. The van der Waals surface area contributed by atoms with Crippen LogP contribution in [0.2, 0.25) is 0 Å². The number of anilines is 1. The van der Waals surface area contributed by atoms with Crippen LogP contribution in [0.5, 0.6) is 0 Å². The Morgan fingerprint density at radius 1 is 1.23 bits per heavy atom. The number of rotatable bonds is 7. The number of nitro benzene ring substituents is 1. The van der Waals surface area contributed by atoms with Crippen molar-refractivity contribution in [2.75, 3.05) is 5.32 Å². The number of nitro groups is 1. The third-order valence-electron chi connectivity index (χ3n) is 3.93. The highest BCUT2D eigenvalue weighted by Crippen LogP contribution is 2.17. The van der Waals surface area contributed by atoms with Crippen LogP contribution in [0.15, 0.2) is 47.6 Å². The van der Waals surface area contributed by atoms with E-state index in [-0.39, 0.29) is 11.6 Å². The van der Waals surface area contributed by atoms with E-state index < -0.39 is 11.0 Å². The SMILES string of the molecule is CCC(Nc1ccc(C)cc1C)C(=O)NN=Cc1ccc([N+](=O)[O-])cc1. The van der Waals surface area contributed by atoms with Gasteiger partial charge in [0, 0.05) is 17.8 Å². The van der Waals surface area contributed by atoms with E-state index in [4.69, 9.17) is 0 Å². The van der Waals surface area contributed by atoms with Crippen molar-refractivity contribution < 1.29 is 9.72 Å². The predicted molar refractivity (Wildman–Crippen MR) is 102 cm³/mol. The first-order valence-electron chi connectivity index (χ1n) is 8.32. The number of carbonyl (C=O) groups excluding carboxylic acids is 1. The molecule has 0 heterocycles. The lowest BCUT2D eigenvalue weighted by molar-refractivity contribution is -0.384. The Kier molecular flexibility index (Phi) is 6.43. The number of benzene rings is 2. The van der Waals surface area contributed by atoms with Crippen LogP contribution < -0.4 is 10.7 Å². The Hall–Kier alpha value is -3.22. The largest absolute Gasteiger partial charge is 0.373 e. The fourth-order valence-electron chi connectivity index (χ4n) is 2.45. The number of non-ortho nitro benzene ring substituents is 1. The lowest BCUT2D eigenvalue weighted by Gasteiger charge is -2.18. The summed E-state index contributed by atoms with van der Waals surface area (Å²) in [5.74, 6) is -0.245. The molecule has 0 aliphatic carbocycles. The summed E-state index contributed by atoms with van der Waals surface area (Å²) in [4.78, 5) is 22.5. The van der Waals surface area contributed by atoms with Crippen LogP contribution in [0.1, 0.15) is 30.0 Å². The van der Waals surface area contributed by atoms with Gasteiger partial charge in [0.1, 0.15) is 6.04 Å². The van der Waals surface area contributed by atoms with Crippen molar-refractivity contribution in [2.45, 2.75) is 33.2 Å². The average molecular weight is 354 g/mol. The molecule has 136 valence electrons. The summed E-state index contributed by atoms with van der Waals surface area (Å²) in [5.41, 5.74) is 6.33. The molecule has 0 saturated heterocycles. The minimum absolute atomic E-state index is 0.00917. The molecular weight excluding hydrogens is 332 g/mol. The maximum Gasteiger partial charge on any atom is 0.269 e. The van der Waals surface area contributed by atoms with Crippen molar-refractivity contribution in [3.63, 3.8) is 0 Å². The third-order valence-corrected chi connectivity index (χ3v) is 3.93. The zero-order chi connectivity index (χ0) is 19.1. The maximum absolute atomic E-state index is 12.3. The maximum atomic E-state index is 12.3. The van der Waals surface area contributed by atoms with Gasteiger partial charge in [0.25, 0.3) is 11.6 Å². The van der Waals surface area contributed by atoms with Gasteiger partial charge in [0.2, 0.25) is 0 Å². The molecule has 0 fully saturated rings. The van der Waals surface area contributed by atoms with Gasteiger partial charge in [-0.2, -0.15) is 5.10 Å². The van der Waals surface area contributed by atoms with E-state index in [1.807, 2.05) is 32.9 Å². The van der Waals surface area contributed by atoms with Gasteiger partial charge in [-0.15, -0.1) is 0 Å². The molecule has 7 heteroatoms. The van der Waals surface area contributed by atoms with Gasteiger partial charge >= 0.3 is 0 Å². The summed E-state index contributed by atoms with van der Waals surface area (Å²) in [5, 5.41) is 17.8. The number of hydrogen-bond donors (Lipinski definition) is 2. The topological polar surface area (TPSA) is 96.6 Å². The number of carbonyl (C=O) groups is 1. The number of nitrogens with one attached hydrogen (secondary N) is 2. The van der Waals surface area contributed by atoms with E-state index in [1.165, 1.54) is 23.9 Å². The van der Waals surface area contributed by atoms with Crippen molar-refractivity contribution in [1.29, 1.82) is 0 Å². The Bertz CT molecular complexity index is 816. The molecule has 2 N–H and O–H groups in total. The molecule has 0 spiro atoms. The minimum Gasteiger partial charge on any atom is -0.373 e. The second-order valence-electron chi connectivity index (χ2n) is 6.01. The van der Waals surface area contributed by atoms with Gasteiger partial charge in [-0.1, -0.05) is 24.6 Å². The molecule has 2 aromatic carbocycles. The van der Waals surface area contributed by atoms with Gasteiger partial charge in [-0.3, -0.25) is 14.9 Å². The van der Waals surface area contributed by atoms with Crippen LogP contribution in [0.3, 0.4) is 0 Å². The molecule has 0 bridgehead atoms. The summed E-state index contributed by atoms with van der Waals surface area (Å²) in [6, 6.07) is 11.5. The highest BCUT2D eigenvalue weighted by molar-refractivity contribution is 5.87. The van der Waals surface area contributed by atoms with Gasteiger partial charge in [-0.25, -0.2) is 5.43 Å². The zero-order valence-corrected chi connectivity index (χ0v) is 15.0. The first kappa shape index (κ1) is 19.1. The van der Waals surface area contributed by atoms with Crippen molar-refractivity contribution in [3.05, 3.63) is 69.3 Å². The summed E-state index contributed by atoms with van der Waals surface area (Å²) < 4.78 is 0. The summed E-state index contributed by atoms with van der Waals surface area (Å²) >= 11 is 0. The molecule has 0 saturated carbocycles. The molecular formula is C19H22N4O3. The van der Waals surface area contributed by atoms with Crippen molar-refractivity contribution in [3.8, 4) is 0 Å². The van der Waals surface area contributed by atoms with E-state index in [0.717, 1.165) is 11.3 Å². The van der Waals surface area contributed by atoms with Crippen LogP contribution >= 0.6 is 0 Å². The number of hydrogen-bond acceptors (Lipinski definition) is 5. The molecule has 0 radical (unpaired) electrons. The van der Waals surface area contributed by atoms with Crippen molar-refractivity contribution >= 4 is 23.5 Å². The number of hydrazone groups is 1. The molecule has 1 amide bonds. The van der Waals surface area contributed by atoms with E-state index in [9.17, 15) is 14.9 Å². The van der Waals surface area contributed by atoms with Crippen LogP contribution in [-0.2, 0) is 4.79 Å². The van der Waals surface area contributed by atoms with Gasteiger partial charge in [-0.05, 0) is 49.6 Å². The van der Waals surface area contributed by atoms with Gasteiger partial charge in [0.15, 0.2) is 0 Å². The standard InChI is InChI=1S/C19H22N4O3/c1-4-17(21-18-10-5-13(2)11-14(18)3)19(24)22-20-12-15-6-8-16(9-7-15)23(25)26/h5-12,17,21H,4H2,1-3H3,(H,22,24). The summed E-state index contributed by atoms with van der Waals surface area (Å²) in [6.07, 6.45) is 2.05. The second kappa shape index (κ2) is 8.75. The number of amides is 1. The molecule has 2 rings (SSSR count). The number of aryl methyl sites for hydroxylation is 2.